The van der Waals surface area contributed by atoms with E-state index in [0.29, 0.717) is 0 Å². The van der Waals surface area contributed by atoms with E-state index >= 15 is 0 Å². The molecule has 0 unspecified atom stereocenters. The molecule has 1 aromatic rings. The summed E-state index contributed by atoms with van der Waals surface area (Å²) in [6.45, 7) is 0.121. The third-order valence-electron chi connectivity index (χ3n) is 1.64. The van der Waals surface area contributed by atoms with Crippen molar-refractivity contribution in [2.24, 2.45) is 0 Å². The zero-order chi connectivity index (χ0) is 11.5. The number of nitrogens with one attached hydrogen (secondary N) is 1. The molecule has 82 valence electrons. The third-order valence-corrected chi connectivity index (χ3v) is 1.64. The summed E-state index contributed by atoms with van der Waals surface area (Å²) in [4.78, 5) is 14.3. The number of anilines is 1. The molecule has 0 aliphatic rings. The molecule has 0 aromatic carbocycles. The van der Waals surface area contributed by atoms with Gasteiger partial charge in [-0.05, 0) is 6.07 Å². The van der Waals surface area contributed by atoms with Gasteiger partial charge in [-0.3, -0.25) is 4.98 Å². The molecule has 1 rings (SSSR count). The van der Waals surface area contributed by atoms with Crippen molar-refractivity contribution in [3.63, 3.8) is 0 Å². The second-order valence-corrected chi connectivity index (χ2v) is 3.15. The van der Waals surface area contributed by atoms with Crippen LogP contribution in [0.4, 0.5) is 14.5 Å². The number of rotatable bonds is 4. The van der Waals surface area contributed by atoms with E-state index in [4.69, 9.17) is 5.11 Å². The molecular formula is C9H10F2N2O2. The van der Waals surface area contributed by atoms with Gasteiger partial charge < -0.3 is 10.4 Å². The van der Waals surface area contributed by atoms with Crippen molar-refractivity contribution in [3.05, 3.63) is 24.0 Å². The molecule has 0 saturated heterocycles. The molecule has 6 heteroatoms. The maximum absolute atomic E-state index is 12.5. The summed E-state index contributed by atoms with van der Waals surface area (Å²) in [6, 6.07) is 1.25. The van der Waals surface area contributed by atoms with Crippen molar-refractivity contribution >= 4 is 11.7 Å². The normalized spacial score (nSPS) is 11.1. The second-order valence-electron chi connectivity index (χ2n) is 3.15. The van der Waals surface area contributed by atoms with Crippen LogP contribution in [-0.4, -0.2) is 28.5 Å². The molecule has 0 bridgehead atoms. The van der Waals surface area contributed by atoms with Gasteiger partial charge in [0.1, 0.15) is 0 Å². The predicted octanol–water partition coefficient (Wildman–Crippen LogP) is 1.85. The summed E-state index contributed by atoms with van der Waals surface area (Å²) in [5.41, 5.74) is 0.0146. The maximum Gasteiger partial charge on any atom is 0.337 e. The maximum atomic E-state index is 12.5. The number of carboxylic acid groups (broad SMARTS) is 1. The van der Waals surface area contributed by atoms with Crippen LogP contribution in [0.1, 0.15) is 17.3 Å². The first-order valence-electron chi connectivity index (χ1n) is 4.19. The van der Waals surface area contributed by atoms with Crippen LogP contribution in [0.3, 0.4) is 0 Å². The van der Waals surface area contributed by atoms with E-state index in [9.17, 15) is 13.6 Å². The van der Waals surface area contributed by atoms with Crippen molar-refractivity contribution < 1.29 is 18.7 Å². The first kappa shape index (κ1) is 11.4. The highest BCUT2D eigenvalue weighted by atomic mass is 19.3. The largest absolute Gasteiger partial charge is 0.478 e. The minimum absolute atomic E-state index is 0.0748. The van der Waals surface area contributed by atoms with E-state index in [2.05, 4.69) is 10.3 Å². The smallest absolute Gasteiger partial charge is 0.337 e. The Balaban J connectivity index is 2.81. The number of carbonyl (C=O) groups is 1. The average molecular weight is 216 g/mol. The first-order valence-corrected chi connectivity index (χ1v) is 4.19. The van der Waals surface area contributed by atoms with Crippen LogP contribution in [-0.2, 0) is 0 Å². The van der Waals surface area contributed by atoms with Crippen LogP contribution in [0.2, 0.25) is 0 Å². The van der Waals surface area contributed by atoms with Crippen LogP contribution in [0.5, 0.6) is 0 Å². The standard InChI is InChI=1S/C9H10F2N2O2/c1-9(10,11)5-13-7-4-12-3-2-6(7)8(14)15/h2-4,13H,5H2,1H3,(H,14,15). The Morgan fingerprint density at radius 3 is 2.87 bits per heavy atom. The van der Waals surface area contributed by atoms with E-state index in [1.54, 1.807) is 0 Å². The van der Waals surface area contributed by atoms with Gasteiger partial charge >= 0.3 is 5.97 Å². The molecule has 15 heavy (non-hydrogen) atoms. The molecule has 0 fully saturated rings. The van der Waals surface area contributed by atoms with E-state index in [1.165, 1.54) is 18.5 Å². The fourth-order valence-electron chi connectivity index (χ4n) is 0.972. The highest BCUT2D eigenvalue weighted by molar-refractivity contribution is 5.93. The lowest BCUT2D eigenvalue weighted by atomic mass is 10.2. The van der Waals surface area contributed by atoms with Gasteiger partial charge in [-0.2, -0.15) is 0 Å². The van der Waals surface area contributed by atoms with Crippen LogP contribution in [0.15, 0.2) is 18.5 Å². The van der Waals surface area contributed by atoms with Gasteiger partial charge in [-0.15, -0.1) is 0 Å². The number of aromatic nitrogens is 1. The molecule has 0 amide bonds. The Hall–Kier alpha value is -1.72. The number of carboxylic acids is 1. The molecular weight excluding hydrogens is 206 g/mol. The quantitative estimate of drug-likeness (QED) is 0.806. The van der Waals surface area contributed by atoms with Gasteiger partial charge in [0.2, 0.25) is 0 Å². The SMILES string of the molecule is CC(F)(F)CNc1cnccc1C(=O)O. The van der Waals surface area contributed by atoms with Gasteiger partial charge in [-0.1, -0.05) is 0 Å². The summed E-state index contributed by atoms with van der Waals surface area (Å²) in [5.74, 6) is -4.08. The zero-order valence-electron chi connectivity index (χ0n) is 8.00. The molecule has 1 aromatic heterocycles. The molecule has 0 atom stereocenters. The number of hydrogen-bond donors (Lipinski definition) is 2. The van der Waals surface area contributed by atoms with Crippen LogP contribution in [0.25, 0.3) is 0 Å². The van der Waals surface area contributed by atoms with E-state index in [-0.39, 0.29) is 11.3 Å². The van der Waals surface area contributed by atoms with E-state index < -0.39 is 18.4 Å². The number of hydrogen-bond acceptors (Lipinski definition) is 3. The summed E-state index contributed by atoms with van der Waals surface area (Å²) in [6.07, 6.45) is 2.49. The second kappa shape index (κ2) is 4.20. The van der Waals surface area contributed by atoms with Gasteiger partial charge in [0, 0.05) is 13.1 Å². The number of nitrogens with zero attached hydrogens (tertiary/aromatic N) is 1. The monoisotopic (exact) mass is 216 g/mol. The first-order chi connectivity index (χ1) is 6.90. The minimum Gasteiger partial charge on any atom is -0.478 e. The van der Waals surface area contributed by atoms with Crippen molar-refractivity contribution in [2.75, 3.05) is 11.9 Å². The van der Waals surface area contributed by atoms with E-state index in [1.807, 2.05) is 0 Å². The van der Waals surface area contributed by atoms with Gasteiger partial charge in [0.15, 0.2) is 0 Å². The molecule has 2 N–H and O–H groups in total. The lowest BCUT2D eigenvalue weighted by molar-refractivity contribution is 0.0366. The lowest BCUT2D eigenvalue weighted by Crippen LogP contribution is -2.23. The summed E-state index contributed by atoms with van der Waals surface area (Å²) in [7, 11) is 0. The summed E-state index contributed by atoms with van der Waals surface area (Å²) < 4.78 is 25.0. The Morgan fingerprint density at radius 2 is 2.33 bits per heavy atom. The fraction of sp³-hybridized carbons (Fsp3) is 0.333. The molecule has 0 radical (unpaired) electrons. The van der Waals surface area contributed by atoms with Crippen LogP contribution in [0, 0.1) is 0 Å². The Bertz CT molecular complexity index is 363. The molecule has 0 spiro atoms. The molecule has 0 saturated carbocycles. The van der Waals surface area contributed by atoms with Crippen molar-refractivity contribution in [1.82, 2.24) is 4.98 Å². The van der Waals surface area contributed by atoms with Crippen LogP contribution >= 0.6 is 0 Å². The van der Waals surface area contributed by atoms with Crippen molar-refractivity contribution in [1.29, 1.82) is 0 Å². The summed E-state index contributed by atoms with van der Waals surface area (Å²) >= 11 is 0. The van der Waals surface area contributed by atoms with Crippen molar-refractivity contribution in [3.8, 4) is 0 Å². The number of alkyl halides is 2. The molecule has 0 aliphatic heterocycles. The zero-order valence-corrected chi connectivity index (χ0v) is 8.00. The van der Waals surface area contributed by atoms with Gasteiger partial charge in [0.25, 0.3) is 5.92 Å². The highest BCUT2D eigenvalue weighted by Crippen LogP contribution is 2.17. The molecule has 1 heterocycles. The molecule has 4 nitrogen and oxygen atoms in total. The Labute approximate surface area is 84.9 Å². The predicted molar refractivity (Wildman–Crippen MR) is 50.3 cm³/mol. The number of aromatic carboxylic acids is 1. The highest BCUT2D eigenvalue weighted by Gasteiger charge is 2.21. The van der Waals surface area contributed by atoms with Crippen LogP contribution < -0.4 is 5.32 Å². The lowest BCUT2D eigenvalue weighted by Gasteiger charge is -2.13. The average Bonchev–Trinajstić information content (AvgIpc) is 2.14. The number of halogens is 2. The Kier molecular flexibility index (Phi) is 3.18. The minimum atomic E-state index is -2.90. The summed E-state index contributed by atoms with van der Waals surface area (Å²) in [5, 5.41) is 11.1. The van der Waals surface area contributed by atoms with Gasteiger partial charge in [-0.25, -0.2) is 13.6 Å². The Morgan fingerprint density at radius 1 is 1.67 bits per heavy atom. The molecule has 0 aliphatic carbocycles. The van der Waals surface area contributed by atoms with Crippen molar-refractivity contribution in [2.45, 2.75) is 12.8 Å². The fourth-order valence-corrected chi connectivity index (χ4v) is 0.972. The van der Waals surface area contributed by atoms with Gasteiger partial charge in [0.05, 0.1) is 24.0 Å². The van der Waals surface area contributed by atoms with E-state index in [0.717, 1.165) is 6.92 Å². The number of pyridine rings is 1. The topological polar surface area (TPSA) is 62.2 Å². The third kappa shape index (κ3) is 3.49.